The Labute approximate surface area is 117 Å². The van der Waals surface area contributed by atoms with Gasteiger partial charge in [-0.1, -0.05) is 59.9 Å². The molecule has 1 fully saturated rings. The Morgan fingerprint density at radius 1 is 1.00 bits per heavy atom. The number of rotatable bonds is 2. The van der Waals surface area contributed by atoms with Crippen LogP contribution in [-0.4, -0.2) is 6.04 Å². The van der Waals surface area contributed by atoms with Gasteiger partial charge >= 0.3 is 0 Å². The molecule has 0 spiro atoms. The van der Waals surface area contributed by atoms with Crippen molar-refractivity contribution in [3.8, 4) is 0 Å². The molecule has 2 nitrogen and oxygen atoms in total. The Kier molecular flexibility index (Phi) is 3.53. The normalized spacial score (nSPS) is 30.4. The largest absolute Gasteiger partial charge is 0.290 e. The Hall–Kier alpha value is -1.02. The van der Waals surface area contributed by atoms with Crippen molar-refractivity contribution in [2.75, 3.05) is 0 Å². The van der Waals surface area contributed by atoms with Crippen molar-refractivity contribution in [1.29, 1.82) is 0 Å². The van der Waals surface area contributed by atoms with Gasteiger partial charge in [-0.2, -0.15) is 0 Å². The van der Waals surface area contributed by atoms with Crippen LogP contribution in [-0.2, 0) is 4.57 Å². The van der Waals surface area contributed by atoms with Gasteiger partial charge in [-0.25, -0.2) is 0 Å². The molecular formula is C15H16NOPS. The molecule has 98 valence electrons. The lowest BCUT2D eigenvalue weighted by molar-refractivity contribution is 0.573. The zero-order valence-electron chi connectivity index (χ0n) is 10.7. The minimum absolute atomic E-state index is 0.207. The lowest BCUT2D eigenvalue weighted by atomic mass is 10.1. The summed E-state index contributed by atoms with van der Waals surface area (Å²) in [5.41, 5.74) is 1.24. The molecule has 1 aliphatic rings. The van der Waals surface area contributed by atoms with Crippen molar-refractivity contribution in [3.63, 3.8) is 0 Å². The Bertz CT molecular complexity index is 602. The molecule has 0 aliphatic carbocycles. The first-order valence-corrected chi connectivity index (χ1v) is 9.55. The molecular weight excluding hydrogens is 273 g/mol. The molecule has 4 heteroatoms. The average Bonchev–Trinajstić information content (AvgIpc) is 2.77. The number of nitrogens with one attached hydrogen (secondary N) is 1. The standard InChI is InChI=1S/C15H16NOPS/c1-12-15(13-8-4-2-5-9-13)19-18(17,16-12)14-10-6-3-7-11-14/h2-12,15H,1H3,(H,16,17). The van der Waals surface area contributed by atoms with Gasteiger partial charge in [0.2, 0.25) is 6.49 Å². The second-order valence-corrected chi connectivity index (χ2v) is 9.51. The quantitative estimate of drug-likeness (QED) is 0.848. The van der Waals surface area contributed by atoms with E-state index in [1.165, 1.54) is 5.56 Å². The highest BCUT2D eigenvalue weighted by atomic mass is 32.7. The van der Waals surface area contributed by atoms with Crippen molar-refractivity contribution >= 4 is 23.2 Å². The minimum atomic E-state index is -2.53. The molecule has 0 aromatic heterocycles. The topological polar surface area (TPSA) is 29.1 Å². The van der Waals surface area contributed by atoms with Gasteiger partial charge in [-0.3, -0.25) is 9.65 Å². The summed E-state index contributed by atoms with van der Waals surface area (Å²) in [6, 6.07) is 20.2. The SMILES string of the molecule is CC1NP(=O)(c2ccccc2)SC1c1ccccc1. The lowest BCUT2D eigenvalue weighted by Gasteiger charge is -2.12. The van der Waals surface area contributed by atoms with Crippen molar-refractivity contribution in [3.05, 3.63) is 66.2 Å². The zero-order valence-corrected chi connectivity index (χ0v) is 12.4. The molecule has 3 unspecified atom stereocenters. The third-order valence-corrected chi connectivity index (χ3v) is 8.76. The van der Waals surface area contributed by atoms with Crippen molar-refractivity contribution < 1.29 is 4.57 Å². The van der Waals surface area contributed by atoms with Gasteiger partial charge in [0.1, 0.15) is 0 Å². The molecule has 0 radical (unpaired) electrons. The van der Waals surface area contributed by atoms with Crippen LogP contribution in [0.3, 0.4) is 0 Å². The van der Waals surface area contributed by atoms with Crippen LogP contribution >= 0.6 is 17.9 Å². The summed E-state index contributed by atoms with van der Waals surface area (Å²) in [5.74, 6) is 0. The maximum atomic E-state index is 13.1. The molecule has 2 aromatic carbocycles. The van der Waals surface area contributed by atoms with Gasteiger partial charge in [0, 0.05) is 11.3 Å². The monoisotopic (exact) mass is 289 g/mol. The van der Waals surface area contributed by atoms with Crippen LogP contribution < -0.4 is 10.4 Å². The van der Waals surface area contributed by atoms with Gasteiger partial charge in [-0.15, -0.1) is 0 Å². The van der Waals surface area contributed by atoms with E-state index < -0.39 is 6.49 Å². The second kappa shape index (κ2) is 5.16. The highest BCUT2D eigenvalue weighted by Crippen LogP contribution is 2.66. The van der Waals surface area contributed by atoms with E-state index in [0.29, 0.717) is 0 Å². The molecule has 3 atom stereocenters. The van der Waals surface area contributed by atoms with Crippen LogP contribution in [0.1, 0.15) is 17.7 Å². The lowest BCUT2D eigenvalue weighted by Crippen LogP contribution is -2.22. The summed E-state index contributed by atoms with van der Waals surface area (Å²) in [7, 11) is 0. The first kappa shape index (κ1) is 13.0. The third-order valence-electron chi connectivity index (χ3n) is 3.31. The van der Waals surface area contributed by atoms with E-state index in [9.17, 15) is 4.57 Å². The molecule has 1 aliphatic heterocycles. The number of benzene rings is 2. The molecule has 0 saturated carbocycles. The van der Waals surface area contributed by atoms with E-state index >= 15 is 0 Å². The van der Waals surface area contributed by atoms with Crippen molar-refractivity contribution in [2.24, 2.45) is 0 Å². The van der Waals surface area contributed by atoms with E-state index in [4.69, 9.17) is 0 Å². The van der Waals surface area contributed by atoms with Crippen LogP contribution in [0.5, 0.6) is 0 Å². The van der Waals surface area contributed by atoms with E-state index in [1.807, 2.05) is 48.5 Å². The van der Waals surface area contributed by atoms with Gasteiger partial charge in [0.15, 0.2) is 0 Å². The zero-order chi connectivity index (χ0) is 13.3. The molecule has 0 bridgehead atoms. The summed E-state index contributed by atoms with van der Waals surface area (Å²) in [5, 5.41) is 4.46. The molecule has 1 saturated heterocycles. The molecule has 1 N–H and O–H groups in total. The fourth-order valence-corrected chi connectivity index (χ4v) is 8.19. The molecule has 0 amide bonds. The van der Waals surface area contributed by atoms with Crippen molar-refractivity contribution in [1.82, 2.24) is 5.09 Å². The Morgan fingerprint density at radius 3 is 2.21 bits per heavy atom. The van der Waals surface area contributed by atoms with E-state index in [-0.39, 0.29) is 11.3 Å². The summed E-state index contributed by atoms with van der Waals surface area (Å²) >= 11 is 1.57. The maximum Gasteiger partial charge on any atom is 0.230 e. The summed E-state index contributed by atoms with van der Waals surface area (Å²) in [6.07, 6.45) is 0. The van der Waals surface area contributed by atoms with Crippen LogP contribution in [0.4, 0.5) is 0 Å². The average molecular weight is 289 g/mol. The fourth-order valence-electron chi connectivity index (χ4n) is 2.37. The highest BCUT2D eigenvalue weighted by molar-refractivity contribution is 8.60. The summed E-state index contributed by atoms with van der Waals surface area (Å²) < 4.78 is 13.1. The van der Waals surface area contributed by atoms with Gasteiger partial charge in [0.25, 0.3) is 0 Å². The smallest absolute Gasteiger partial charge is 0.230 e. The Balaban J connectivity index is 1.92. The predicted octanol–water partition coefficient (Wildman–Crippen LogP) is 3.97. The van der Waals surface area contributed by atoms with Crippen molar-refractivity contribution in [2.45, 2.75) is 18.2 Å². The molecule has 19 heavy (non-hydrogen) atoms. The van der Waals surface area contributed by atoms with Crippen LogP contribution in [0, 0.1) is 0 Å². The molecule has 1 heterocycles. The van der Waals surface area contributed by atoms with E-state index in [0.717, 1.165) is 5.30 Å². The molecule has 3 rings (SSSR count). The first-order valence-electron chi connectivity index (χ1n) is 6.36. The van der Waals surface area contributed by atoms with Crippen LogP contribution in [0.2, 0.25) is 0 Å². The van der Waals surface area contributed by atoms with E-state index in [1.54, 1.807) is 11.4 Å². The summed E-state index contributed by atoms with van der Waals surface area (Å²) in [6.45, 7) is -0.429. The summed E-state index contributed by atoms with van der Waals surface area (Å²) in [4.78, 5) is 0. The second-order valence-electron chi connectivity index (χ2n) is 4.74. The molecule has 2 aromatic rings. The number of hydrogen-bond acceptors (Lipinski definition) is 2. The van der Waals surface area contributed by atoms with Crippen LogP contribution in [0.15, 0.2) is 60.7 Å². The highest BCUT2D eigenvalue weighted by Gasteiger charge is 2.41. The van der Waals surface area contributed by atoms with E-state index in [2.05, 4.69) is 24.1 Å². The maximum absolute atomic E-state index is 13.1. The van der Waals surface area contributed by atoms with Gasteiger partial charge in [0.05, 0.1) is 5.25 Å². The van der Waals surface area contributed by atoms with Crippen LogP contribution in [0.25, 0.3) is 0 Å². The Morgan fingerprint density at radius 2 is 1.58 bits per heavy atom. The fraction of sp³-hybridized carbons (Fsp3) is 0.200. The van der Waals surface area contributed by atoms with Gasteiger partial charge < -0.3 is 0 Å². The number of hydrogen-bond donors (Lipinski definition) is 1. The predicted molar refractivity (Wildman–Crippen MR) is 83.1 cm³/mol. The van der Waals surface area contributed by atoms with Gasteiger partial charge in [-0.05, 0) is 24.6 Å². The third kappa shape index (κ3) is 2.51. The first-order chi connectivity index (χ1) is 9.19. The minimum Gasteiger partial charge on any atom is -0.290 e.